The number of carboxylic acids is 1. The van der Waals surface area contributed by atoms with Crippen molar-refractivity contribution in [2.75, 3.05) is 26.2 Å². The number of rotatable bonds is 3. The van der Waals surface area contributed by atoms with Crippen LogP contribution in [0.5, 0.6) is 0 Å². The average molecular weight is 227 g/mol. The summed E-state index contributed by atoms with van der Waals surface area (Å²) in [5.74, 6) is -1.67. The molecular weight excluding hydrogens is 210 g/mol. The molecule has 5 heteroatoms. The predicted octanol–water partition coefficient (Wildman–Crippen LogP) is 0.346. The Morgan fingerprint density at radius 2 is 2.31 bits per heavy atom. The van der Waals surface area contributed by atoms with E-state index < -0.39 is 17.4 Å². The van der Waals surface area contributed by atoms with E-state index in [1.165, 1.54) is 0 Å². The summed E-state index contributed by atoms with van der Waals surface area (Å²) in [5.41, 5.74) is -1.31. The Morgan fingerprint density at radius 1 is 1.56 bits per heavy atom. The van der Waals surface area contributed by atoms with Crippen molar-refractivity contribution >= 4 is 11.9 Å². The van der Waals surface area contributed by atoms with E-state index in [2.05, 4.69) is 4.90 Å². The standard InChI is InChI=1S/C11H17NO4/c1-2-16-10(15)11(9(13)14)7-12-5-3-4-8(11)6-12/h8H,2-7H2,1H3,(H,13,14). The first-order chi connectivity index (χ1) is 7.61. The van der Waals surface area contributed by atoms with Crippen LogP contribution in [0, 0.1) is 11.3 Å². The summed E-state index contributed by atoms with van der Waals surface area (Å²) in [6.07, 6.45) is 1.78. The maximum absolute atomic E-state index is 11.9. The van der Waals surface area contributed by atoms with Gasteiger partial charge in [-0.05, 0) is 32.2 Å². The van der Waals surface area contributed by atoms with Crippen LogP contribution in [0.25, 0.3) is 0 Å². The van der Waals surface area contributed by atoms with Gasteiger partial charge >= 0.3 is 11.9 Å². The zero-order chi connectivity index (χ0) is 11.8. The third-order valence-electron chi connectivity index (χ3n) is 3.70. The number of carboxylic acid groups (broad SMARTS) is 1. The van der Waals surface area contributed by atoms with E-state index in [0.29, 0.717) is 13.1 Å². The maximum atomic E-state index is 11.9. The number of ether oxygens (including phenoxy) is 1. The van der Waals surface area contributed by atoms with Crippen molar-refractivity contribution in [2.24, 2.45) is 11.3 Å². The second-order valence-electron chi connectivity index (χ2n) is 4.57. The van der Waals surface area contributed by atoms with Crippen LogP contribution < -0.4 is 0 Å². The van der Waals surface area contributed by atoms with E-state index in [1.807, 2.05) is 0 Å². The average Bonchev–Trinajstić information content (AvgIpc) is 2.51. The van der Waals surface area contributed by atoms with E-state index in [0.717, 1.165) is 19.4 Å². The molecule has 1 N–H and O–H groups in total. The summed E-state index contributed by atoms with van der Waals surface area (Å²) in [4.78, 5) is 25.4. The molecule has 2 saturated heterocycles. The number of carbonyl (C=O) groups excluding carboxylic acids is 1. The number of carbonyl (C=O) groups is 2. The van der Waals surface area contributed by atoms with E-state index >= 15 is 0 Å². The van der Waals surface area contributed by atoms with Gasteiger partial charge in [0.25, 0.3) is 0 Å². The lowest BCUT2D eigenvalue weighted by atomic mass is 9.76. The molecule has 2 aliphatic heterocycles. The van der Waals surface area contributed by atoms with Gasteiger partial charge in [-0.2, -0.15) is 0 Å². The third-order valence-corrected chi connectivity index (χ3v) is 3.70. The molecule has 3 atom stereocenters. The van der Waals surface area contributed by atoms with Crippen LogP contribution >= 0.6 is 0 Å². The van der Waals surface area contributed by atoms with Crippen LogP contribution in [0.2, 0.25) is 0 Å². The minimum atomic E-state index is -1.31. The summed E-state index contributed by atoms with van der Waals surface area (Å²) in [7, 11) is 0. The molecule has 16 heavy (non-hydrogen) atoms. The number of nitrogens with zero attached hydrogens (tertiary/aromatic N) is 1. The summed E-state index contributed by atoms with van der Waals surface area (Å²) < 4.78 is 4.95. The number of aliphatic carboxylic acids is 1. The maximum Gasteiger partial charge on any atom is 0.325 e. The Bertz CT molecular complexity index is 317. The summed E-state index contributed by atoms with van der Waals surface area (Å²) in [6.45, 7) is 3.86. The summed E-state index contributed by atoms with van der Waals surface area (Å²) in [5, 5.41) is 9.38. The normalized spacial score (nSPS) is 37.1. The Kier molecular flexibility index (Phi) is 2.88. The molecule has 0 spiro atoms. The number of piperidine rings is 1. The quantitative estimate of drug-likeness (QED) is 0.556. The lowest BCUT2D eigenvalue weighted by Crippen LogP contribution is -2.46. The van der Waals surface area contributed by atoms with Gasteiger partial charge in [-0.25, -0.2) is 0 Å². The topological polar surface area (TPSA) is 66.8 Å². The highest BCUT2D eigenvalue weighted by Crippen LogP contribution is 2.43. The Morgan fingerprint density at radius 3 is 2.88 bits per heavy atom. The van der Waals surface area contributed by atoms with E-state index in [-0.39, 0.29) is 12.5 Å². The minimum Gasteiger partial charge on any atom is -0.480 e. The van der Waals surface area contributed by atoms with Gasteiger partial charge in [0.1, 0.15) is 0 Å². The third kappa shape index (κ3) is 1.50. The van der Waals surface area contributed by atoms with Gasteiger partial charge in [0, 0.05) is 13.1 Å². The van der Waals surface area contributed by atoms with Crippen molar-refractivity contribution in [1.29, 1.82) is 0 Å². The molecule has 0 radical (unpaired) electrons. The minimum absolute atomic E-state index is 0.0854. The molecule has 0 aromatic carbocycles. The molecule has 0 saturated carbocycles. The second kappa shape index (κ2) is 4.05. The van der Waals surface area contributed by atoms with Crippen molar-refractivity contribution in [3.05, 3.63) is 0 Å². The van der Waals surface area contributed by atoms with E-state index in [1.54, 1.807) is 6.92 Å². The number of hydrogen-bond donors (Lipinski definition) is 1. The molecule has 2 fully saturated rings. The number of hydrogen-bond acceptors (Lipinski definition) is 4. The fourth-order valence-electron chi connectivity index (χ4n) is 2.90. The number of fused-ring (bicyclic) bond motifs is 2. The van der Waals surface area contributed by atoms with Gasteiger partial charge in [0.15, 0.2) is 5.41 Å². The highest BCUT2D eigenvalue weighted by molar-refractivity contribution is 6.00. The van der Waals surface area contributed by atoms with Crippen LogP contribution in [0.15, 0.2) is 0 Å². The fraction of sp³-hybridized carbons (Fsp3) is 0.818. The van der Waals surface area contributed by atoms with Crippen molar-refractivity contribution in [1.82, 2.24) is 4.90 Å². The van der Waals surface area contributed by atoms with Crippen molar-refractivity contribution in [3.8, 4) is 0 Å². The number of esters is 1. The zero-order valence-corrected chi connectivity index (χ0v) is 9.44. The van der Waals surface area contributed by atoms with Crippen molar-refractivity contribution in [3.63, 3.8) is 0 Å². The van der Waals surface area contributed by atoms with Crippen molar-refractivity contribution in [2.45, 2.75) is 19.8 Å². The molecule has 5 nitrogen and oxygen atoms in total. The van der Waals surface area contributed by atoms with Gasteiger partial charge < -0.3 is 14.7 Å². The molecule has 0 aromatic heterocycles. The molecular formula is C11H17NO4. The first kappa shape index (κ1) is 11.4. The molecule has 2 rings (SSSR count). The fourth-order valence-corrected chi connectivity index (χ4v) is 2.90. The smallest absolute Gasteiger partial charge is 0.325 e. The molecule has 0 aromatic rings. The van der Waals surface area contributed by atoms with Crippen LogP contribution in [0.4, 0.5) is 0 Å². The van der Waals surface area contributed by atoms with Gasteiger partial charge in [0.05, 0.1) is 6.61 Å². The predicted molar refractivity (Wildman–Crippen MR) is 55.9 cm³/mol. The van der Waals surface area contributed by atoms with Crippen LogP contribution in [0.3, 0.4) is 0 Å². The second-order valence-corrected chi connectivity index (χ2v) is 4.57. The molecule has 2 aliphatic rings. The summed E-state index contributed by atoms with van der Waals surface area (Å²) >= 11 is 0. The van der Waals surface area contributed by atoms with Gasteiger partial charge in [0.2, 0.25) is 0 Å². The highest BCUT2D eigenvalue weighted by Gasteiger charge is 2.59. The lowest BCUT2D eigenvalue weighted by molar-refractivity contribution is -0.170. The summed E-state index contributed by atoms with van der Waals surface area (Å²) in [6, 6.07) is 0. The van der Waals surface area contributed by atoms with Crippen molar-refractivity contribution < 1.29 is 19.4 Å². The molecule has 3 unspecified atom stereocenters. The Labute approximate surface area is 94.4 Å². The SMILES string of the molecule is CCOC(=O)C1(C(=O)O)CN2CCCC1C2. The van der Waals surface area contributed by atoms with E-state index in [4.69, 9.17) is 4.74 Å². The van der Waals surface area contributed by atoms with Gasteiger partial charge in [-0.1, -0.05) is 0 Å². The van der Waals surface area contributed by atoms with Crippen LogP contribution in [-0.2, 0) is 14.3 Å². The van der Waals surface area contributed by atoms with E-state index in [9.17, 15) is 14.7 Å². The first-order valence-corrected chi connectivity index (χ1v) is 5.74. The van der Waals surface area contributed by atoms with Crippen LogP contribution in [0.1, 0.15) is 19.8 Å². The lowest BCUT2D eigenvalue weighted by Gasteiger charge is -2.27. The molecule has 0 aliphatic carbocycles. The zero-order valence-electron chi connectivity index (χ0n) is 9.44. The molecule has 0 amide bonds. The highest BCUT2D eigenvalue weighted by atomic mass is 16.5. The first-order valence-electron chi connectivity index (χ1n) is 5.74. The molecule has 2 bridgehead atoms. The molecule has 90 valence electrons. The van der Waals surface area contributed by atoms with Gasteiger partial charge in [-0.3, -0.25) is 9.59 Å². The Balaban J connectivity index is 2.29. The largest absolute Gasteiger partial charge is 0.480 e. The molecule has 2 heterocycles. The van der Waals surface area contributed by atoms with Gasteiger partial charge in [-0.15, -0.1) is 0 Å². The Hall–Kier alpha value is -1.10. The monoisotopic (exact) mass is 227 g/mol. The van der Waals surface area contributed by atoms with Crippen LogP contribution in [-0.4, -0.2) is 48.2 Å².